The molecule has 5 heteroatoms. The van der Waals surface area contributed by atoms with Gasteiger partial charge in [-0.3, -0.25) is 0 Å². The maximum atomic E-state index is 3.62. The molecule has 0 bridgehead atoms. The van der Waals surface area contributed by atoms with E-state index in [1.807, 2.05) is 0 Å². The van der Waals surface area contributed by atoms with E-state index in [2.05, 4.69) is 25.9 Å². The zero-order valence-corrected chi connectivity index (χ0v) is 4.89. The van der Waals surface area contributed by atoms with Gasteiger partial charge in [0.25, 0.3) is 0 Å². The van der Waals surface area contributed by atoms with Crippen LogP contribution in [0.3, 0.4) is 0 Å². The standard InChI is InChI=1S/C4H5N5/c1-4-2-3-5-7-9-8-6-4/h2-3H,1H3. The number of nitrogens with zero attached hydrogens (tertiary/aromatic N) is 5. The summed E-state index contributed by atoms with van der Waals surface area (Å²) < 4.78 is 0. The van der Waals surface area contributed by atoms with Gasteiger partial charge < -0.3 is 0 Å². The molecule has 0 aliphatic carbocycles. The number of hydrogen-bond acceptors (Lipinski definition) is 5. The van der Waals surface area contributed by atoms with Crippen LogP contribution in [-0.4, -0.2) is 5.71 Å². The normalized spacial score (nSPS) is 16.8. The van der Waals surface area contributed by atoms with Crippen LogP contribution in [0.4, 0.5) is 0 Å². The minimum absolute atomic E-state index is 0.761. The Morgan fingerprint density at radius 2 is 2.11 bits per heavy atom. The fourth-order valence-electron chi connectivity index (χ4n) is 0.336. The van der Waals surface area contributed by atoms with E-state index in [9.17, 15) is 0 Å². The average Bonchev–Trinajstić information content (AvgIpc) is 1.79. The van der Waals surface area contributed by atoms with Crippen molar-refractivity contribution in [3.63, 3.8) is 0 Å². The summed E-state index contributed by atoms with van der Waals surface area (Å²) in [6.45, 7) is 1.80. The van der Waals surface area contributed by atoms with Crippen LogP contribution in [0.25, 0.3) is 0 Å². The summed E-state index contributed by atoms with van der Waals surface area (Å²) in [5.74, 6) is 0. The van der Waals surface area contributed by atoms with Crippen LogP contribution in [0.1, 0.15) is 6.92 Å². The number of allylic oxidation sites excluding steroid dienone is 1. The first kappa shape index (κ1) is 5.74. The molecule has 0 aromatic heterocycles. The molecule has 5 nitrogen and oxygen atoms in total. The van der Waals surface area contributed by atoms with E-state index in [4.69, 9.17) is 0 Å². The first-order chi connectivity index (χ1) is 4.39. The van der Waals surface area contributed by atoms with Crippen LogP contribution < -0.4 is 0 Å². The van der Waals surface area contributed by atoms with Crippen LogP contribution in [-0.2, 0) is 0 Å². The Bertz CT molecular complexity index is 199. The summed E-state index contributed by atoms with van der Waals surface area (Å²) in [6, 6.07) is 0. The fourth-order valence-corrected chi connectivity index (χ4v) is 0.336. The van der Waals surface area contributed by atoms with Gasteiger partial charge in [-0.2, -0.15) is 0 Å². The summed E-state index contributed by atoms with van der Waals surface area (Å²) in [6.07, 6.45) is 3.21. The minimum Gasteiger partial charge on any atom is -0.137 e. The lowest BCUT2D eigenvalue weighted by Gasteiger charge is -1.83. The van der Waals surface area contributed by atoms with Gasteiger partial charge in [0, 0.05) is 0 Å². The number of rotatable bonds is 0. The van der Waals surface area contributed by atoms with Gasteiger partial charge >= 0.3 is 0 Å². The van der Waals surface area contributed by atoms with Crippen molar-refractivity contribution in [2.45, 2.75) is 6.92 Å². The molecule has 1 aliphatic heterocycles. The molecular weight excluding hydrogens is 118 g/mol. The van der Waals surface area contributed by atoms with Gasteiger partial charge in [-0.1, -0.05) is 0 Å². The SMILES string of the molecule is CC1=NN=NN=NC=C1. The molecule has 0 aromatic carbocycles. The Balaban J connectivity index is 2.77. The maximum Gasteiger partial charge on any atom is 0.0634 e. The van der Waals surface area contributed by atoms with Crippen molar-refractivity contribution in [2.75, 3.05) is 0 Å². The quantitative estimate of drug-likeness (QED) is 0.470. The molecule has 0 fully saturated rings. The molecule has 0 unspecified atom stereocenters. The lowest BCUT2D eigenvalue weighted by atomic mass is 10.4. The Hall–Kier alpha value is -1.39. The first-order valence-corrected chi connectivity index (χ1v) is 2.40. The monoisotopic (exact) mass is 123 g/mol. The lowest BCUT2D eigenvalue weighted by molar-refractivity contribution is 0.887. The second kappa shape index (κ2) is 2.81. The fraction of sp³-hybridized carbons (Fsp3) is 0.250. The summed E-state index contributed by atoms with van der Waals surface area (Å²) in [4.78, 5) is 0. The molecule has 0 amide bonds. The van der Waals surface area contributed by atoms with E-state index < -0.39 is 0 Å². The van der Waals surface area contributed by atoms with Gasteiger partial charge in [0.15, 0.2) is 0 Å². The van der Waals surface area contributed by atoms with E-state index in [1.165, 1.54) is 6.20 Å². The molecule has 0 atom stereocenters. The Kier molecular flexibility index (Phi) is 1.79. The summed E-state index contributed by atoms with van der Waals surface area (Å²) in [5, 5.41) is 16.9. The smallest absolute Gasteiger partial charge is 0.0634 e. The number of hydrogen-bond donors (Lipinski definition) is 0. The molecule has 0 N–H and O–H groups in total. The van der Waals surface area contributed by atoms with Crippen molar-refractivity contribution in [3.8, 4) is 0 Å². The second-order valence-electron chi connectivity index (χ2n) is 1.44. The van der Waals surface area contributed by atoms with E-state index in [0.717, 1.165) is 5.71 Å². The van der Waals surface area contributed by atoms with Crippen LogP contribution in [0.2, 0.25) is 0 Å². The van der Waals surface area contributed by atoms with Crippen LogP contribution >= 0.6 is 0 Å². The van der Waals surface area contributed by atoms with Gasteiger partial charge in [-0.05, 0) is 28.7 Å². The van der Waals surface area contributed by atoms with E-state index in [-0.39, 0.29) is 0 Å². The minimum atomic E-state index is 0.761. The third-order valence-corrected chi connectivity index (χ3v) is 0.717. The highest BCUT2D eigenvalue weighted by molar-refractivity contribution is 5.92. The predicted octanol–water partition coefficient (Wildman–Crippen LogP) is 1.71. The summed E-state index contributed by atoms with van der Waals surface area (Å²) in [5.41, 5.74) is 0.761. The van der Waals surface area contributed by atoms with Crippen molar-refractivity contribution in [1.29, 1.82) is 0 Å². The molecule has 1 heterocycles. The topological polar surface area (TPSA) is 61.8 Å². The van der Waals surface area contributed by atoms with E-state index >= 15 is 0 Å². The molecule has 0 spiro atoms. The van der Waals surface area contributed by atoms with E-state index in [1.54, 1.807) is 13.0 Å². The van der Waals surface area contributed by atoms with Crippen LogP contribution in [0.15, 0.2) is 38.2 Å². The van der Waals surface area contributed by atoms with E-state index in [0.29, 0.717) is 0 Å². The molecule has 1 aliphatic rings. The van der Waals surface area contributed by atoms with Gasteiger partial charge in [-0.25, -0.2) is 0 Å². The molecule has 0 radical (unpaired) electrons. The Morgan fingerprint density at radius 3 is 3.00 bits per heavy atom. The predicted molar refractivity (Wildman–Crippen MR) is 32.0 cm³/mol. The van der Waals surface area contributed by atoms with Crippen LogP contribution in [0.5, 0.6) is 0 Å². The van der Waals surface area contributed by atoms with Gasteiger partial charge in [0.2, 0.25) is 0 Å². The van der Waals surface area contributed by atoms with Gasteiger partial charge in [0.1, 0.15) is 0 Å². The second-order valence-corrected chi connectivity index (χ2v) is 1.44. The zero-order valence-electron chi connectivity index (χ0n) is 4.89. The van der Waals surface area contributed by atoms with Gasteiger partial charge in [-0.15, -0.1) is 10.2 Å². The molecule has 46 valence electrons. The largest absolute Gasteiger partial charge is 0.137 e. The third kappa shape index (κ3) is 1.89. The third-order valence-electron chi connectivity index (χ3n) is 0.717. The highest BCUT2D eigenvalue weighted by atomic mass is 15.5. The molecular formula is C4H5N5. The molecule has 0 aromatic rings. The zero-order chi connectivity index (χ0) is 6.53. The summed E-state index contributed by atoms with van der Waals surface area (Å²) >= 11 is 0. The first-order valence-electron chi connectivity index (χ1n) is 2.40. The van der Waals surface area contributed by atoms with Crippen molar-refractivity contribution in [3.05, 3.63) is 12.3 Å². The van der Waals surface area contributed by atoms with Crippen molar-refractivity contribution < 1.29 is 0 Å². The highest BCUT2D eigenvalue weighted by Crippen LogP contribution is 1.90. The summed E-state index contributed by atoms with van der Waals surface area (Å²) in [7, 11) is 0. The maximum absolute atomic E-state index is 3.62. The van der Waals surface area contributed by atoms with Gasteiger partial charge in [0.05, 0.1) is 11.9 Å². The Labute approximate surface area is 51.9 Å². The van der Waals surface area contributed by atoms with Crippen LogP contribution in [0, 0.1) is 0 Å². The van der Waals surface area contributed by atoms with Crippen molar-refractivity contribution >= 4 is 5.71 Å². The lowest BCUT2D eigenvalue weighted by Crippen LogP contribution is -1.80. The van der Waals surface area contributed by atoms with Crippen molar-refractivity contribution in [2.24, 2.45) is 25.9 Å². The molecule has 1 rings (SSSR count). The molecule has 0 saturated carbocycles. The van der Waals surface area contributed by atoms with Crippen molar-refractivity contribution in [1.82, 2.24) is 0 Å². The molecule has 0 saturated heterocycles. The average molecular weight is 123 g/mol. The molecule has 9 heavy (non-hydrogen) atoms. The highest BCUT2D eigenvalue weighted by Gasteiger charge is 1.81. The Morgan fingerprint density at radius 1 is 1.22 bits per heavy atom.